The van der Waals surface area contributed by atoms with Gasteiger partial charge in [0.1, 0.15) is 11.6 Å². The van der Waals surface area contributed by atoms with E-state index in [0.717, 1.165) is 30.4 Å². The van der Waals surface area contributed by atoms with Gasteiger partial charge in [-0.1, -0.05) is 0 Å². The van der Waals surface area contributed by atoms with Gasteiger partial charge in [-0.05, 0) is 20.8 Å². The smallest absolute Gasteiger partial charge is 0.132 e. The molecular formula is C10H18N4. The standard InChI is InChI=1S/C10H18N4/c1-4-14(6-5-11)10-7-8(2)12-9(3)13-10/h7H,4-6,11H2,1-3H3. The van der Waals surface area contributed by atoms with Crippen molar-refractivity contribution >= 4 is 5.82 Å². The van der Waals surface area contributed by atoms with E-state index < -0.39 is 0 Å². The summed E-state index contributed by atoms with van der Waals surface area (Å²) in [5.74, 6) is 1.79. The minimum absolute atomic E-state index is 0.649. The second-order valence-electron chi connectivity index (χ2n) is 3.28. The number of likely N-dealkylation sites (N-methyl/N-ethyl adjacent to an activating group) is 1. The molecule has 4 nitrogen and oxygen atoms in total. The average Bonchev–Trinajstić information content (AvgIpc) is 2.12. The van der Waals surface area contributed by atoms with Gasteiger partial charge in [0.15, 0.2) is 0 Å². The topological polar surface area (TPSA) is 55.0 Å². The fraction of sp³-hybridized carbons (Fsp3) is 0.600. The quantitative estimate of drug-likeness (QED) is 0.773. The van der Waals surface area contributed by atoms with E-state index in [4.69, 9.17) is 5.73 Å². The molecule has 0 aliphatic carbocycles. The van der Waals surface area contributed by atoms with Gasteiger partial charge in [0, 0.05) is 31.4 Å². The molecule has 0 spiro atoms. The molecule has 0 radical (unpaired) electrons. The Hall–Kier alpha value is -1.16. The van der Waals surface area contributed by atoms with E-state index >= 15 is 0 Å². The maximum absolute atomic E-state index is 5.53. The van der Waals surface area contributed by atoms with E-state index in [-0.39, 0.29) is 0 Å². The van der Waals surface area contributed by atoms with Crippen LogP contribution in [-0.2, 0) is 0 Å². The number of hydrogen-bond acceptors (Lipinski definition) is 4. The van der Waals surface area contributed by atoms with Crippen LogP contribution in [0.4, 0.5) is 5.82 Å². The average molecular weight is 194 g/mol. The van der Waals surface area contributed by atoms with E-state index in [0.29, 0.717) is 6.54 Å². The summed E-state index contributed by atoms with van der Waals surface area (Å²) in [6.07, 6.45) is 0. The van der Waals surface area contributed by atoms with Crippen molar-refractivity contribution in [3.63, 3.8) is 0 Å². The van der Waals surface area contributed by atoms with Crippen molar-refractivity contribution in [3.05, 3.63) is 17.6 Å². The van der Waals surface area contributed by atoms with Crippen molar-refractivity contribution in [1.82, 2.24) is 9.97 Å². The second-order valence-corrected chi connectivity index (χ2v) is 3.28. The Kier molecular flexibility index (Phi) is 3.83. The predicted molar refractivity (Wildman–Crippen MR) is 58.4 cm³/mol. The van der Waals surface area contributed by atoms with Crippen molar-refractivity contribution in [3.8, 4) is 0 Å². The van der Waals surface area contributed by atoms with Gasteiger partial charge in [-0.2, -0.15) is 0 Å². The molecule has 1 rings (SSSR count). The van der Waals surface area contributed by atoms with Crippen LogP contribution in [0.2, 0.25) is 0 Å². The lowest BCUT2D eigenvalue weighted by Gasteiger charge is -2.21. The highest BCUT2D eigenvalue weighted by Gasteiger charge is 2.05. The predicted octanol–water partition coefficient (Wildman–Crippen LogP) is 0.878. The molecule has 0 bridgehead atoms. The van der Waals surface area contributed by atoms with E-state index in [9.17, 15) is 0 Å². The van der Waals surface area contributed by atoms with Crippen molar-refractivity contribution in [1.29, 1.82) is 0 Å². The Morgan fingerprint density at radius 3 is 2.57 bits per heavy atom. The van der Waals surface area contributed by atoms with Crippen LogP contribution in [0.15, 0.2) is 6.07 Å². The Morgan fingerprint density at radius 1 is 1.36 bits per heavy atom. The highest BCUT2D eigenvalue weighted by Crippen LogP contribution is 2.11. The Labute approximate surface area is 85.2 Å². The summed E-state index contributed by atoms with van der Waals surface area (Å²) in [5, 5.41) is 0. The first-order valence-corrected chi connectivity index (χ1v) is 4.94. The summed E-state index contributed by atoms with van der Waals surface area (Å²) in [6, 6.07) is 1.99. The van der Waals surface area contributed by atoms with Crippen LogP contribution >= 0.6 is 0 Å². The number of anilines is 1. The SMILES string of the molecule is CCN(CCN)c1cc(C)nc(C)n1. The van der Waals surface area contributed by atoms with Gasteiger partial charge in [-0.3, -0.25) is 0 Å². The third-order valence-electron chi connectivity index (χ3n) is 2.06. The summed E-state index contributed by atoms with van der Waals surface area (Å²) in [5.41, 5.74) is 6.54. The molecule has 0 fully saturated rings. The maximum Gasteiger partial charge on any atom is 0.132 e. The molecule has 4 heteroatoms. The molecule has 0 aliphatic heterocycles. The number of nitrogens with two attached hydrogens (primary N) is 1. The number of nitrogens with zero attached hydrogens (tertiary/aromatic N) is 3. The fourth-order valence-corrected chi connectivity index (χ4v) is 1.45. The first-order valence-electron chi connectivity index (χ1n) is 4.94. The fourth-order valence-electron chi connectivity index (χ4n) is 1.45. The molecule has 1 heterocycles. The van der Waals surface area contributed by atoms with E-state index in [2.05, 4.69) is 21.8 Å². The molecule has 1 aromatic rings. The van der Waals surface area contributed by atoms with Crippen LogP contribution in [0.3, 0.4) is 0 Å². The number of hydrogen-bond donors (Lipinski definition) is 1. The lowest BCUT2D eigenvalue weighted by atomic mass is 10.3. The number of rotatable bonds is 4. The zero-order chi connectivity index (χ0) is 10.6. The number of aryl methyl sites for hydroxylation is 2. The molecule has 0 aliphatic rings. The highest BCUT2D eigenvalue weighted by molar-refractivity contribution is 5.39. The third kappa shape index (κ3) is 2.67. The first kappa shape index (κ1) is 10.9. The van der Waals surface area contributed by atoms with Crippen LogP contribution in [0.5, 0.6) is 0 Å². The lowest BCUT2D eigenvalue weighted by Crippen LogP contribution is -2.30. The Morgan fingerprint density at radius 2 is 2.07 bits per heavy atom. The highest BCUT2D eigenvalue weighted by atomic mass is 15.2. The van der Waals surface area contributed by atoms with Crippen LogP contribution < -0.4 is 10.6 Å². The molecule has 78 valence electrons. The maximum atomic E-state index is 5.53. The summed E-state index contributed by atoms with van der Waals surface area (Å²) in [4.78, 5) is 10.8. The van der Waals surface area contributed by atoms with Crippen LogP contribution in [0.1, 0.15) is 18.4 Å². The molecular weight excluding hydrogens is 176 g/mol. The third-order valence-corrected chi connectivity index (χ3v) is 2.06. The largest absolute Gasteiger partial charge is 0.356 e. The number of aromatic nitrogens is 2. The summed E-state index contributed by atoms with van der Waals surface area (Å²) >= 11 is 0. The zero-order valence-electron chi connectivity index (χ0n) is 9.12. The van der Waals surface area contributed by atoms with Gasteiger partial charge in [0.25, 0.3) is 0 Å². The monoisotopic (exact) mass is 194 g/mol. The van der Waals surface area contributed by atoms with Crippen molar-refractivity contribution in [2.45, 2.75) is 20.8 Å². The van der Waals surface area contributed by atoms with Crippen molar-refractivity contribution in [2.24, 2.45) is 5.73 Å². The van der Waals surface area contributed by atoms with Crippen molar-refractivity contribution < 1.29 is 0 Å². The summed E-state index contributed by atoms with van der Waals surface area (Å²) in [7, 11) is 0. The van der Waals surface area contributed by atoms with Crippen molar-refractivity contribution in [2.75, 3.05) is 24.5 Å². The molecule has 0 saturated carbocycles. The van der Waals surface area contributed by atoms with Crippen LogP contribution in [-0.4, -0.2) is 29.6 Å². The molecule has 14 heavy (non-hydrogen) atoms. The molecule has 0 atom stereocenters. The normalized spacial score (nSPS) is 10.3. The van der Waals surface area contributed by atoms with Gasteiger partial charge in [0.2, 0.25) is 0 Å². The Bertz CT molecular complexity index is 278. The second kappa shape index (κ2) is 4.91. The minimum atomic E-state index is 0.649. The van der Waals surface area contributed by atoms with Gasteiger partial charge >= 0.3 is 0 Å². The molecule has 0 saturated heterocycles. The summed E-state index contributed by atoms with van der Waals surface area (Å²) in [6.45, 7) is 8.40. The van der Waals surface area contributed by atoms with Gasteiger partial charge in [-0.25, -0.2) is 9.97 Å². The van der Waals surface area contributed by atoms with E-state index in [1.807, 2.05) is 19.9 Å². The summed E-state index contributed by atoms with van der Waals surface area (Å²) < 4.78 is 0. The minimum Gasteiger partial charge on any atom is -0.356 e. The van der Waals surface area contributed by atoms with Crippen LogP contribution in [0.25, 0.3) is 0 Å². The van der Waals surface area contributed by atoms with Crippen LogP contribution in [0, 0.1) is 13.8 Å². The Balaban J connectivity index is 2.91. The molecule has 0 aromatic carbocycles. The van der Waals surface area contributed by atoms with Gasteiger partial charge in [0.05, 0.1) is 0 Å². The molecule has 0 amide bonds. The molecule has 0 unspecified atom stereocenters. The van der Waals surface area contributed by atoms with Gasteiger partial charge in [-0.15, -0.1) is 0 Å². The molecule has 2 N–H and O–H groups in total. The van der Waals surface area contributed by atoms with E-state index in [1.54, 1.807) is 0 Å². The van der Waals surface area contributed by atoms with E-state index in [1.165, 1.54) is 0 Å². The van der Waals surface area contributed by atoms with Gasteiger partial charge < -0.3 is 10.6 Å². The first-order chi connectivity index (χ1) is 6.67. The molecule has 1 aromatic heterocycles. The zero-order valence-corrected chi connectivity index (χ0v) is 9.12. The lowest BCUT2D eigenvalue weighted by molar-refractivity contribution is 0.792.